The van der Waals surface area contributed by atoms with Gasteiger partial charge in [-0.05, 0) is 6.92 Å². The van der Waals surface area contributed by atoms with Gasteiger partial charge in [0.2, 0.25) is 0 Å². The van der Waals surface area contributed by atoms with E-state index in [1.54, 1.807) is 5.38 Å². The summed E-state index contributed by atoms with van der Waals surface area (Å²) >= 11 is 1.48. The Morgan fingerprint density at radius 2 is 2.62 bits per heavy atom. The van der Waals surface area contributed by atoms with Crippen LogP contribution in [0.4, 0.5) is 0 Å². The molecule has 0 aliphatic carbocycles. The fourth-order valence-corrected chi connectivity index (χ4v) is 2.55. The molecule has 1 aromatic rings. The normalized spacial score (nSPS) is 22.2. The third kappa shape index (κ3) is 2.78. The van der Waals surface area contributed by atoms with Crippen LogP contribution in [0, 0.1) is 0 Å². The minimum absolute atomic E-state index is 0.268. The van der Waals surface area contributed by atoms with Gasteiger partial charge in [-0.1, -0.05) is 0 Å². The fraction of sp³-hybridized carbons (Fsp3) is 0.600. The molecule has 0 aromatic carbocycles. The van der Waals surface area contributed by atoms with Gasteiger partial charge in [0.15, 0.2) is 0 Å². The average Bonchev–Trinajstić information content (AvgIpc) is 2.66. The first-order chi connectivity index (χ1) is 7.65. The number of nitrogens with zero attached hydrogens (tertiary/aromatic N) is 2. The van der Waals surface area contributed by atoms with E-state index in [2.05, 4.69) is 16.8 Å². The highest BCUT2D eigenvalue weighted by molar-refractivity contribution is 7.09. The van der Waals surface area contributed by atoms with Crippen molar-refractivity contribution in [3.8, 4) is 0 Å². The Hall–Kier alpha value is -0.980. The molecule has 5 nitrogen and oxygen atoms in total. The number of thiazole rings is 1. The van der Waals surface area contributed by atoms with E-state index in [1.165, 1.54) is 11.3 Å². The van der Waals surface area contributed by atoms with Crippen molar-refractivity contribution in [2.45, 2.75) is 19.6 Å². The second-order valence-electron chi connectivity index (χ2n) is 3.91. The van der Waals surface area contributed by atoms with Crippen LogP contribution < -0.4 is 5.73 Å². The van der Waals surface area contributed by atoms with Crippen molar-refractivity contribution in [3.63, 3.8) is 0 Å². The van der Waals surface area contributed by atoms with E-state index in [-0.39, 0.29) is 6.10 Å². The van der Waals surface area contributed by atoms with E-state index in [1.807, 2.05) is 0 Å². The zero-order valence-corrected chi connectivity index (χ0v) is 10.00. The van der Waals surface area contributed by atoms with E-state index in [4.69, 9.17) is 10.5 Å². The number of ether oxygens (including phenoxy) is 1. The zero-order chi connectivity index (χ0) is 11.5. The second kappa shape index (κ2) is 4.90. The number of nitrogens with two attached hydrogens (primary N) is 1. The summed E-state index contributed by atoms with van der Waals surface area (Å²) in [4.78, 5) is 17.4. The minimum Gasteiger partial charge on any atom is -0.376 e. The number of carbonyl (C=O) groups is 1. The summed E-state index contributed by atoms with van der Waals surface area (Å²) in [5.74, 6) is -0.460. The average molecular weight is 241 g/mol. The molecule has 0 spiro atoms. The molecule has 16 heavy (non-hydrogen) atoms. The second-order valence-corrected chi connectivity index (χ2v) is 4.85. The van der Waals surface area contributed by atoms with E-state index in [0.29, 0.717) is 5.69 Å². The van der Waals surface area contributed by atoms with Gasteiger partial charge in [0.05, 0.1) is 19.3 Å². The monoisotopic (exact) mass is 241 g/mol. The van der Waals surface area contributed by atoms with Gasteiger partial charge in [-0.25, -0.2) is 4.98 Å². The molecule has 0 saturated carbocycles. The number of rotatable bonds is 3. The topological polar surface area (TPSA) is 68.5 Å². The molecule has 2 N–H and O–H groups in total. The van der Waals surface area contributed by atoms with E-state index >= 15 is 0 Å². The first-order valence-electron chi connectivity index (χ1n) is 5.23. The quantitative estimate of drug-likeness (QED) is 0.835. The molecule has 1 fully saturated rings. The summed E-state index contributed by atoms with van der Waals surface area (Å²) in [6.45, 7) is 5.41. The molecule has 2 rings (SSSR count). The fourth-order valence-electron chi connectivity index (χ4n) is 1.72. The lowest BCUT2D eigenvalue weighted by molar-refractivity contribution is -0.0212. The first kappa shape index (κ1) is 11.5. The largest absolute Gasteiger partial charge is 0.376 e. The highest BCUT2D eigenvalue weighted by Crippen LogP contribution is 2.14. The lowest BCUT2D eigenvalue weighted by Crippen LogP contribution is -2.40. The maximum Gasteiger partial charge on any atom is 0.268 e. The molecule has 1 saturated heterocycles. The Morgan fingerprint density at radius 3 is 3.25 bits per heavy atom. The summed E-state index contributed by atoms with van der Waals surface area (Å²) in [5, 5.41) is 2.64. The smallest absolute Gasteiger partial charge is 0.268 e. The van der Waals surface area contributed by atoms with Crippen molar-refractivity contribution in [1.82, 2.24) is 9.88 Å². The summed E-state index contributed by atoms with van der Waals surface area (Å²) in [6, 6.07) is 0. The van der Waals surface area contributed by atoms with Crippen molar-refractivity contribution in [2.75, 3.05) is 19.7 Å². The van der Waals surface area contributed by atoms with Crippen LogP contribution >= 0.6 is 11.3 Å². The molecule has 1 amide bonds. The van der Waals surface area contributed by atoms with Gasteiger partial charge in [0.25, 0.3) is 5.91 Å². The summed E-state index contributed by atoms with van der Waals surface area (Å²) < 4.78 is 5.46. The van der Waals surface area contributed by atoms with Gasteiger partial charge in [0.1, 0.15) is 10.7 Å². The lowest BCUT2D eigenvalue weighted by atomic mass is 10.3. The molecule has 1 unspecified atom stereocenters. The van der Waals surface area contributed by atoms with Crippen LogP contribution in [0.5, 0.6) is 0 Å². The molecule has 6 heteroatoms. The van der Waals surface area contributed by atoms with Gasteiger partial charge in [-0.3, -0.25) is 9.69 Å². The molecule has 88 valence electrons. The number of hydrogen-bond acceptors (Lipinski definition) is 5. The predicted molar refractivity (Wildman–Crippen MR) is 61.3 cm³/mol. The summed E-state index contributed by atoms with van der Waals surface area (Å²) in [5.41, 5.74) is 5.52. The third-order valence-electron chi connectivity index (χ3n) is 2.49. The summed E-state index contributed by atoms with van der Waals surface area (Å²) in [6.07, 6.45) is 0.268. The predicted octanol–water partition coefficient (Wildman–Crippen LogP) is 0.463. The molecule has 1 aromatic heterocycles. The van der Waals surface area contributed by atoms with Crippen LogP contribution in [0.3, 0.4) is 0 Å². The molecule has 1 atom stereocenters. The van der Waals surface area contributed by atoms with Crippen molar-refractivity contribution in [2.24, 2.45) is 5.73 Å². The van der Waals surface area contributed by atoms with Crippen LogP contribution in [0.1, 0.15) is 22.4 Å². The Balaban J connectivity index is 1.95. The van der Waals surface area contributed by atoms with Gasteiger partial charge in [-0.2, -0.15) is 0 Å². The van der Waals surface area contributed by atoms with Crippen LogP contribution in [0.15, 0.2) is 5.38 Å². The number of morpholine rings is 1. The van der Waals surface area contributed by atoms with Crippen LogP contribution in [-0.4, -0.2) is 41.6 Å². The molecular formula is C10H15N3O2S. The SMILES string of the molecule is CC1CN(Cc2nc(C(N)=O)cs2)CCO1. The van der Waals surface area contributed by atoms with Crippen molar-refractivity contribution >= 4 is 17.2 Å². The Labute approximate surface area is 98.2 Å². The summed E-state index contributed by atoms with van der Waals surface area (Å²) in [7, 11) is 0. The van der Waals surface area contributed by atoms with E-state index in [9.17, 15) is 4.79 Å². The minimum atomic E-state index is -0.460. The number of hydrogen-bond donors (Lipinski definition) is 1. The van der Waals surface area contributed by atoms with Crippen LogP contribution in [-0.2, 0) is 11.3 Å². The molecule has 1 aliphatic rings. The lowest BCUT2D eigenvalue weighted by Gasteiger charge is -2.30. The van der Waals surface area contributed by atoms with Gasteiger partial charge in [-0.15, -0.1) is 11.3 Å². The van der Waals surface area contributed by atoms with Crippen LogP contribution in [0.25, 0.3) is 0 Å². The van der Waals surface area contributed by atoms with E-state index in [0.717, 1.165) is 31.2 Å². The maximum absolute atomic E-state index is 10.9. The van der Waals surface area contributed by atoms with Gasteiger partial charge >= 0.3 is 0 Å². The Kier molecular flexibility index (Phi) is 3.52. The highest BCUT2D eigenvalue weighted by Gasteiger charge is 2.18. The number of amides is 1. The number of aromatic nitrogens is 1. The Morgan fingerprint density at radius 1 is 1.81 bits per heavy atom. The van der Waals surface area contributed by atoms with Crippen molar-refractivity contribution < 1.29 is 9.53 Å². The number of carbonyl (C=O) groups excluding carboxylic acids is 1. The zero-order valence-electron chi connectivity index (χ0n) is 9.18. The molecule has 2 heterocycles. The van der Waals surface area contributed by atoms with Crippen LogP contribution in [0.2, 0.25) is 0 Å². The molecule has 0 bridgehead atoms. The number of primary amides is 1. The molecule has 0 radical (unpaired) electrons. The van der Waals surface area contributed by atoms with E-state index < -0.39 is 5.91 Å². The molecule has 1 aliphatic heterocycles. The Bertz CT molecular complexity index is 380. The third-order valence-corrected chi connectivity index (χ3v) is 3.32. The van der Waals surface area contributed by atoms with Gasteiger partial charge in [0, 0.05) is 18.5 Å². The first-order valence-corrected chi connectivity index (χ1v) is 6.11. The standard InChI is InChI=1S/C10H15N3O2S/c1-7-4-13(2-3-15-7)5-9-12-8(6-16-9)10(11)14/h6-7H,2-5H2,1H3,(H2,11,14). The van der Waals surface area contributed by atoms with Gasteiger partial charge < -0.3 is 10.5 Å². The van der Waals surface area contributed by atoms with Crippen molar-refractivity contribution in [3.05, 3.63) is 16.1 Å². The molecular weight excluding hydrogens is 226 g/mol. The maximum atomic E-state index is 10.9. The van der Waals surface area contributed by atoms with Crippen molar-refractivity contribution in [1.29, 1.82) is 0 Å². The highest BCUT2D eigenvalue weighted by atomic mass is 32.1.